The van der Waals surface area contributed by atoms with Gasteiger partial charge < -0.3 is 15.0 Å². The van der Waals surface area contributed by atoms with Crippen molar-refractivity contribution in [2.45, 2.75) is 12.5 Å². The predicted molar refractivity (Wildman–Crippen MR) is 95.5 cm³/mol. The van der Waals surface area contributed by atoms with Crippen LogP contribution in [0.25, 0.3) is 11.1 Å². The normalized spacial score (nSPS) is 16.0. The van der Waals surface area contributed by atoms with Crippen LogP contribution in [0.3, 0.4) is 0 Å². The molecule has 6 nitrogen and oxygen atoms in total. The molecule has 0 saturated carbocycles. The third kappa shape index (κ3) is 3.08. The van der Waals surface area contributed by atoms with Crippen molar-refractivity contribution in [3.05, 3.63) is 77.6 Å². The van der Waals surface area contributed by atoms with Crippen molar-refractivity contribution in [3.63, 3.8) is 0 Å². The van der Waals surface area contributed by atoms with Crippen LogP contribution in [0.4, 0.5) is 4.39 Å². The number of aliphatic carboxylic acids is 1. The Kier molecular flexibility index (Phi) is 4.19. The van der Waals surface area contributed by atoms with Gasteiger partial charge in [0, 0.05) is 24.2 Å². The molecule has 3 aromatic rings. The summed E-state index contributed by atoms with van der Waals surface area (Å²) in [7, 11) is 0. The molecule has 1 aliphatic rings. The number of aromatic amines is 1. The third-order valence-electron chi connectivity index (χ3n) is 4.71. The Morgan fingerprint density at radius 1 is 1.15 bits per heavy atom. The van der Waals surface area contributed by atoms with Crippen molar-refractivity contribution in [2.75, 3.05) is 6.54 Å². The number of carboxylic acids is 1. The van der Waals surface area contributed by atoms with Crippen molar-refractivity contribution in [3.8, 4) is 11.1 Å². The first kappa shape index (κ1) is 17.0. The van der Waals surface area contributed by atoms with E-state index in [1.165, 1.54) is 23.4 Å². The molecule has 0 spiro atoms. The molecule has 1 atom stereocenters. The molecule has 0 saturated heterocycles. The molecule has 0 aliphatic carbocycles. The first-order valence-corrected chi connectivity index (χ1v) is 8.46. The Morgan fingerprint density at radius 2 is 1.93 bits per heavy atom. The van der Waals surface area contributed by atoms with Gasteiger partial charge in [-0.1, -0.05) is 24.3 Å². The number of amides is 1. The molecular weight excluding hydrogens is 349 g/mol. The minimum atomic E-state index is -1.12. The first-order chi connectivity index (χ1) is 13.0. The summed E-state index contributed by atoms with van der Waals surface area (Å²) in [4.78, 5) is 33.2. The number of benzene rings is 2. The average Bonchev–Trinajstić information content (AvgIpc) is 3.16. The number of carbonyl (C=O) groups is 2. The maximum Gasteiger partial charge on any atom is 0.332 e. The molecule has 2 aromatic carbocycles. The Labute approximate surface area is 154 Å². The molecule has 2 heterocycles. The van der Waals surface area contributed by atoms with Crippen LogP contribution in [-0.2, 0) is 11.2 Å². The lowest BCUT2D eigenvalue weighted by Gasteiger charge is -2.32. The Balaban J connectivity index is 1.67. The first-order valence-electron chi connectivity index (χ1n) is 8.46. The van der Waals surface area contributed by atoms with Crippen molar-refractivity contribution in [1.82, 2.24) is 14.9 Å². The van der Waals surface area contributed by atoms with E-state index in [9.17, 15) is 19.1 Å². The lowest BCUT2D eigenvalue weighted by Crippen LogP contribution is -2.43. The largest absolute Gasteiger partial charge is 0.479 e. The van der Waals surface area contributed by atoms with Crippen molar-refractivity contribution >= 4 is 11.9 Å². The van der Waals surface area contributed by atoms with E-state index in [0.29, 0.717) is 17.7 Å². The van der Waals surface area contributed by atoms with Gasteiger partial charge >= 0.3 is 5.97 Å². The SMILES string of the molecule is O=C(O)[C@@H]1c2nc[nH]c2CCN1C(=O)c1cccc(-c2ccc(F)cc2)c1. The van der Waals surface area contributed by atoms with Gasteiger partial charge in [0.05, 0.1) is 12.0 Å². The van der Waals surface area contributed by atoms with Crippen LogP contribution < -0.4 is 0 Å². The van der Waals surface area contributed by atoms with Crippen LogP contribution in [0.2, 0.25) is 0 Å². The van der Waals surface area contributed by atoms with Crippen molar-refractivity contribution in [1.29, 1.82) is 0 Å². The highest BCUT2D eigenvalue weighted by molar-refractivity contribution is 5.98. The van der Waals surface area contributed by atoms with E-state index in [2.05, 4.69) is 9.97 Å². The summed E-state index contributed by atoms with van der Waals surface area (Å²) in [6.07, 6.45) is 1.96. The Hall–Kier alpha value is -3.48. The minimum Gasteiger partial charge on any atom is -0.479 e. The predicted octanol–water partition coefficient (Wildman–Crippen LogP) is 3.04. The van der Waals surface area contributed by atoms with Crippen LogP contribution in [0.15, 0.2) is 54.9 Å². The van der Waals surface area contributed by atoms with Crippen LogP contribution in [0.1, 0.15) is 27.8 Å². The van der Waals surface area contributed by atoms with Gasteiger partial charge in [0.25, 0.3) is 5.91 Å². The van der Waals surface area contributed by atoms with Crippen molar-refractivity contribution < 1.29 is 19.1 Å². The van der Waals surface area contributed by atoms with E-state index in [-0.39, 0.29) is 18.3 Å². The zero-order chi connectivity index (χ0) is 19.0. The number of aromatic nitrogens is 2. The van der Waals surface area contributed by atoms with E-state index in [0.717, 1.165) is 16.8 Å². The summed E-state index contributed by atoms with van der Waals surface area (Å²) < 4.78 is 13.1. The Morgan fingerprint density at radius 3 is 2.67 bits per heavy atom. The molecule has 1 amide bonds. The zero-order valence-electron chi connectivity index (χ0n) is 14.2. The molecule has 7 heteroatoms. The monoisotopic (exact) mass is 365 g/mol. The summed E-state index contributed by atoms with van der Waals surface area (Å²) in [5, 5.41) is 9.64. The molecule has 1 aliphatic heterocycles. The molecule has 0 bridgehead atoms. The van der Waals surface area contributed by atoms with Gasteiger partial charge in [0.1, 0.15) is 5.82 Å². The smallest absolute Gasteiger partial charge is 0.332 e. The molecule has 0 radical (unpaired) electrons. The molecule has 0 fully saturated rings. The number of hydrogen-bond donors (Lipinski definition) is 2. The van der Waals surface area contributed by atoms with Gasteiger partial charge in [-0.25, -0.2) is 14.2 Å². The van der Waals surface area contributed by atoms with Crippen LogP contribution in [0, 0.1) is 5.82 Å². The second kappa shape index (κ2) is 6.68. The highest BCUT2D eigenvalue weighted by Gasteiger charge is 2.38. The van der Waals surface area contributed by atoms with Crippen molar-refractivity contribution in [2.24, 2.45) is 0 Å². The quantitative estimate of drug-likeness (QED) is 0.747. The average molecular weight is 365 g/mol. The standard InChI is InChI=1S/C20H16FN3O3/c21-15-6-4-12(5-7-15)13-2-1-3-14(10-13)19(25)24-9-8-16-17(23-11-22-16)18(24)20(26)27/h1-7,10-11,18H,8-9H2,(H,22,23)(H,26,27)/t18-/m0/s1. The molecule has 4 rings (SSSR count). The fraction of sp³-hybridized carbons (Fsp3) is 0.150. The fourth-order valence-electron chi connectivity index (χ4n) is 3.39. The minimum absolute atomic E-state index is 0.284. The molecule has 2 N–H and O–H groups in total. The summed E-state index contributed by atoms with van der Waals surface area (Å²) in [5.41, 5.74) is 3.02. The number of fused-ring (bicyclic) bond motifs is 1. The number of hydrogen-bond acceptors (Lipinski definition) is 3. The highest BCUT2D eigenvalue weighted by Crippen LogP contribution is 2.30. The number of imidazole rings is 1. The van der Waals surface area contributed by atoms with E-state index in [4.69, 9.17) is 0 Å². The van der Waals surface area contributed by atoms with Gasteiger partial charge in [-0.2, -0.15) is 0 Å². The van der Waals surface area contributed by atoms with Crippen LogP contribution in [-0.4, -0.2) is 38.4 Å². The number of carbonyl (C=O) groups excluding carboxylic acids is 1. The van der Waals surface area contributed by atoms with Gasteiger partial charge in [0.15, 0.2) is 6.04 Å². The fourth-order valence-corrected chi connectivity index (χ4v) is 3.39. The topological polar surface area (TPSA) is 86.3 Å². The second-order valence-electron chi connectivity index (χ2n) is 6.34. The number of rotatable bonds is 3. The number of halogens is 1. The Bertz CT molecular complexity index is 1010. The van der Waals surface area contributed by atoms with Gasteiger partial charge in [-0.3, -0.25) is 4.79 Å². The maximum absolute atomic E-state index is 13.1. The lowest BCUT2D eigenvalue weighted by atomic mass is 9.99. The molecule has 136 valence electrons. The van der Waals surface area contributed by atoms with Gasteiger partial charge in [-0.05, 0) is 35.4 Å². The number of nitrogens with one attached hydrogen (secondary N) is 1. The van der Waals surface area contributed by atoms with E-state index < -0.39 is 12.0 Å². The highest BCUT2D eigenvalue weighted by atomic mass is 19.1. The summed E-state index contributed by atoms with van der Waals surface area (Å²) >= 11 is 0. The second-order valence-corrected chi connectivity index (χ2v) is 6.34. The van der Waals surface area contributed by atoms with Crippen LogP contribution >= 0.6 is 0 Å². The molecule has 1 aromatic heterocycles. The maximum atomic E-state index is 13.1. The summed E-state index contributed by atoms with van der Waals surface area (Å²) in [6.45, 7) is 0.284. The van der Waals surface area contributed by atoms with E-state index >= 15 is 0 Å². The molecule has 0 unspecified atom stereocenters. The van der Waals surface area contributed by atoms with Crippen LogP contribution in [0.5, 0.6) is 0 Å². The zero-order valence-corrected chi connectivity index (χ0v) is 14.2. The molecule has 27 heavy (non-hydrogen) atoms. The number of H-pyrrole nitrogens is 1. The lowest BCUT2D eigenvalue weighted by molar-refractivity contribution is -0.143. The van der Waals surface area contributed by atoms with E-state index in [1.54, 1.807) is 30.3 Å². The summed E-state index contributed by atoms with van der Waals surface area (Å²) in [5.74, 6) is -1.83. The van der Waals surface area contributed by atoms with Gasteiger partial charge in [0.2, 0.25) is 0 Å². The number of nitrogens with zero attached hydrogens (tertiary/aromatic N) is 2. The third-order valence-corrected chi connectivity index (χ3v) is 4.71. The van der Waals surface area contributed by atoms with E-state index in [1.807, 2.05) is 6.07 Å². The van der Waals surface area contributed by atoms with Gasteiger partial charge in [-0.15, -0.1) is 0 Å². The molecular formula is C20H16FN3O3. The summed E-state index contributed by atoms with van der Waals surface area (Å²) in [6, 6.07) is 11.7. The number of carboxylic acid groups (broad SMARTS) is 1.